The van der Waals surface area contributed by atoms with E-state index in [1.165, 1.54) is 28.8 Å². The van der Waals surface area contributed by atoms with Gasteiger partial charge < -0.3 is 14.4 Å². The Morgan fingerprint density at radius 1 is 1.00 bits per heavy atom. The van der Waals surface area contributed by atoms with Crippen molar-refractivity contribution in [3.8, 4) is 0 Å². The van der Waals surface area contributed by atoms with Gasteiger partial charge in [0.25, 0.3) is 5.91 Å². The third kappa shape index (κ3) is 5.31. The first-order chi connectivity index (χ1) is 15.7. The van der Waals surface area contributed by atoms with Crippen LogP contribution in [-0.4, -0.2) is 59.0 Å². The Kier molecular flexibility index (Phi) is 7.44. The Hall–Kier alpha value is -2.84. The lowest BCUT2D eigenvalue weighted by molar-refractivity contribution is -0.128. The number of para-hydroxylation sites is 2. The second kappa shape index (κ2) is 10.7. The van der Waals surface area contributed by atoms with E-state index >= 15 is 0 Å². The molecule has 1 aliphatic heterocycles. The lowest BCUT2D eigenvalue weighted by Crippen LogP contribution is -2.49. The van der Waals surface area contributed by atoms with Gasteiger partial charge in [0, 0.05) is 38.4 Å². The third-order valence-electron chi connectivity index (χ3n) is 5.33. The normalized spacial score (nSPS) is 14.7. The van der Waals surface area contributed by atoms with Crippen LogP contribution in [0.25, 0.3) is 10.2 Å². The number of aromatic nitrogens is 1. The topological polar surface area (TPSA) is 57.9 Å². The fourth-order valence-corrected chi connectivity index (χ4v) is 5.48. The monoisotopic (exact) mass is 466 g/mol. The van der Waals surface area contributed by atoms with Crippen molar-refractivity contribution in [3.63, 3.8) is 0 Å². The van der Waals surface area contributed by atoms with E-state index in [4.69, 9.17) is 0 Å². The summed E-state index contributed by atoms with van der Waals surface area (Å²) in [5.41, 5.74) is 2.23. The van der Waals surface area contributed by atoms with Crippen LogP contribution < -0.4 is 9.70 Å². The predicted molar refractivity (Wildman–Crippen MR) is 133 cm³/mol. The number of thioether (sulfide) groups is 1. The molecule has 1 fully saturated rings. The number of hydrogen-bond acceptors (Lipinski definition) is 5. The number of carbonyl (C=O) groups is 2. The molecule has 1 aromatic heterocycles. The molecule has 3 aromatic rings. The lowest BCUT2D eigenvalue weighted by atomic mass is 10.2. The molecule has 0 atom stereocenters. The zero-order valence-electron chi connectivity index (χ0n) is 17.9. The van der Waals surface area contributed by atoms with E-state index in [0.717, 1.165) is 23.3 Å². The molecule has 0 aliphatic carbocycles. The Morgan fingerprint density at radius 2 is 1.72 bits per heavy atom. The standard InChI is InChI=1S/C24H26N4O2S2/c1-2-12-28-20-10-6-7-11-21(20)32-24(28)25-22(29)17-31-18-23(30)27-15-13-26(14-16-27)19-8-4-3-5-9-19/h2-11H,1,12-18H2. The number of hydrogen-bond donors (Lipinski definition) is 0. The van der Waals surface area contributed by atoms with E-state index in [0.29, 0.717) is 30.2 Å². The molecule has 1 saturated heterocycles. The van der Waals surface area contributed by atoms with Gasteiger partial charge in [-0.25, -0.2) is 0 Å². The van der Waals surface area contributed by atoms with Crippen LogP contribution >= 0.6 is 23.1 Å². The quantitative estimate of drug-likeness (QED) is 0.501. The molecule has 8 heteroatoms. The zero-order valence-corrected chi connectivity index (χ0v) is 19.5. The number of carbonyl (C=O) groups excluding carboxylic acids is 2. The fraction of sp³-hybridized carbons (Fsp3) is 0.292. The fourth-order valence-electron chi connectivity index (χ4n) is 3.72. The Morgan fingerprint density at radius 3 is 2.47 bits per heavy atom. The number of piperazine rings is 1. The van der Waals surface area contributed by atoms with E-state index in [9.17, 15) is 9.59 Å². The summed E-state index contributed by atoms with van der Waals surface area (Å²) in [7, 11) is 0. The number of anilines is 1. The van der Waals surface area contributed by atoms with Gasteiger partial charge in [-0.05, 0) is 24.3 Å². The summed E-state index contributed by atoms with van der Waals surface area (Å²) >= 11 is 2.82. The highest BCUT2D eigenvalue weighted by Gasteiger charge is 2.21. The Labute approximate surface area is 195 Å². The highest BCUT2D eigenvalue weighted by Crippen LogP contribution is 2.18. The van der Waals surface area contributed by atoms with Crippen LogP contribution in [0, 0.1) is 0 Å². The van der Waals surface area contributed by atoms with Crippen molar-refractivity contribution in [2.45, 2.75) is 6.54 Å². The second-order valence-electron chi connectivity index (χ2n) is 7.45. The van der Waals surface area contributed by atoms with Gasteiger partial charge in [0.2, 0.25) is 5.91 Å². The van der Waals surface area contributed by atoms with E-state index in [2.05, 4.69) is 28.6 Å². The van der Waals surface area contributed by atoms with Crippen LogP contribution in [0.4, 0.5) is 5.69 Å². The molecule has 0 saturated carbocycles. The minimum Gasteiger partial charge on any atom is -0.368 e. The molecule has 4 rings (SSSR count). The molecule has 0 N–H and O–H groups in total. The molecule has 166 valence electrons. The number of nitrogens with zero attached hydrogens (tertiary/aromatic N) is 4. The van der Waals surface area contributed by atoms with Gasteiger partial charge in [0.1, 0.15) is 0 Å². The summed E-state index contributed by atoms with van der Waals surface area (Å²) in [5.74, 6) is 0.351. The summed E-state index contributed by atoms with van der Waals surface area (Å²) in [4.78, 5) is 34.2. The first-order valence-corrected chi connectivity index (χ1v) is 12.5. The van der Waals surface area contributed by atoms with Crippen molar-refractivity contribution in [2.24, 2.45) is 4.99 Å². The average molecular weight is 467 g/mol. The molecule has 1 aliphatic rings. The summed E-state index contributed by atoms with van der Waals surface area (Å²) in [6.45, 7) is 7.46. The maximum absolute atomic E-state index is 12.6. The molecule has 0 unspecified atom stereocenters. The van der Waals surface area contributed by atoms with Crippen molar-refractivity contribution >= 4 is 50.8 Å². The van der Waals surface area contributed by atoms with Crippen molar-refractivity contribution in [3.05, 3.63) is 72.1 Å². The molecule has 0 radical (unpaired) electrons. The smallest absolute Gasteiger partial charge is 0.258 e. The average Bonchev–Trinajstić information content (AvgIpc) is 3.17. The molecule has 32 heavy (non-hydrogen) atoms. The second-order valence-corrected chi connectivity index (χ2v) is 9.45. The first kappa shape index (κ1) is 22.4. The van der Waals surface area contributed by atoms with E-state index in [-0.39, 0.29) is 17.6 Å². The van der Waals surface area contributed by atoms with Crippen molar-refractivity contribution < 1.29 is 9.59 Å². The van der Waals surface area contributed by atoms with Crippen molar-refractivity contribution in [1.82, 2.24) is 9.47 Å². The zero-order chi connectivity index (χ0) is 22.3. The molecule has 0 spiro atoms. The van der Waals surface area contributed by atoms with Gasteiger partial charge in [0.05, 0.1) is 21.7 Å². The van der Waals surface area contributed by atoms with Crippen LogP contribution in [0.15, 0.2) is 72.2 Å². The van der Waals surface area contributed by atoms with Crippen LogP contribution in [0.2, 0.25) is 0 Å². The van der Waals surface area contributed by atoms with Crippen molar-refractivity contribution in [2.75, 3.05) is 42.6 Å². The number of rotatable bonds is 7. The molecule has 0 bridgehead atoms. The van der Waals surface area contributed by atoms with Gasteiger partial charge in [-0.15, -0.1) is 18.3 Å². The predicted octanol–water partition coefficient (Wildman–Crippen LogP) is 3.40. The van der Waals surface area contributed by atoms with Crippen LogP contribution in [-0.2, 0) is 16.1 Å². The van der Waals surface area contributed by atoms with Crippen LogP contribution in [0.3, 0.4) is 0 Å². The van der Waals surface area contributed by atoms with E-state index in [1.807, 2.05) is 51.9 Å². The molecule has 2 heterocycles. The highest BCUT2D eigenvalue weighted by molar-refractivity contribution is 8.00. The molecular formula is C24H26N4O2S2. The number of thiazole rings is 1. The maximum Gasteiger partial charge on any atom is 0.258 e. The van der Waals surface area contributed by atoms with Crippen LogP contribution in [0.1, 0.15) is 0 Å². The molecule has 2 amide bonds. The SMILES string of the molecule is C=CCn1c(=NC(=O)CSCC(=O)N2CCN(c3ccccc3)CC2)sc2ccccc21. The maximum atomic E-state index is 12.6. The minimum absolute atomic E-state index is 0.0825. The van der Waals surface area contributed by atoms with Gasteiger partial charge in [-0.2, -0.15) is 4.99 Å². The molecule has 6 nitrogen and oxygen atoms in total. The number of benzene rings is 2. The van der Waals surface area contributed by atoms with E-state index < -0.39 is 0 Å². The summed E-state index contributed by atoms with van der Waals surface area (Å²) in [5, 5.41) is 0. The largest absolute Gasteiger partial charge is 0.368 e. The van der Waals surface area contributed by atoms with Crippen molar-refractivity contribution in [1.29, 1.82) is 0 Å². The summed E-state index contributed by atoms with van der Waals surface area (Å²) in [6.07, 6.45) is 1.80. The number of fused-ring (bicyclic) bond motifs is 1. The number of amides is 2. The summed E-state index contributed by atoms with van der Waals surface area (Å²) < 4.78 is 3.07. The number of allylic oxidation sites excluding steroid dienone is 1. The van der Waals surface area contributed by atoms with Crippen LogP contribution in [0.5, 0.6) is 0 Å². The lowest BCUT2D eigenvalue weighted by Gasteiger charge is -2.36. The van der Waals surface area contributed by atoms with E-state index in [1.54, 1.807) is 6.08 Å². The Bertz CT molecular complexity index is 1160. The third-order valence-corrected chi connectivity index (χ3v) is 7.29. The molecule has 2 aromatic carbocycles. The van der Waals surface area contributed by atoms with Gasteiger partial charge in [-0.3, -0.25) is 9.59 Å². The minimum atomic E-state index is -0.221. The van der Waals surface area contributed by atoms with Gasteiger partial charge in [-0.1, -0.05) is 47.7 Å². The van der Waals surface area contributed by atoms with Gasteiger partial charge >= 0.3 is 0 Å². The highest BCUT2D eigenvalue weighted by atomic mass is 32.2. The van der Waals surface area contributed by atoms with Gasteiger partial charge in [0.15, 0.2) is 4.80 Å². The first-order valence-electron chi connectivity index (χ1n) is 10.6. The Balaban J connectivity index is 1.29. The molecular weight excluding hydrogens is 440 g/mol. The summed E-state index contributed by atoms with van der Waals surface area (Å²) in [6, 6.07) is 18.2.